The highest BCUT2D eigenvalue weighted by Crippen LogP contribution is 2.19. The maximum absolute atomic E-state index is 12.5. The fraction of sp³-hybridized carbons (Fsp3) is 0.238. The molecule has 0 aliphatic rings. The van der Waals surface area contributed by atoms with Crippen LogP contribution < -0.4 is 4.74 Å². The third kappa shape index (κ3) is 4.84. The lowest BCUT2D eigenvalue weighted by atomic mass is 10.1. The number of ketones is 1. The number of ether oxygens (including phenoxy) is 2. The summed E-state index contributed by atoms with van der Waals surface area (Å²) in [4.78, 5) is 24.3. The predicted octanol–water partition coefficient (Wildman–Crippen LogP) is 4.20. The van der Waals surface area contributed by atoms with Gasteiger partial charge in [-0.3, -0.25) is 4.79 Å². The van der Waals surface area contributed by atoms with Crippen LogP contribution in [0.5, 0.6) is 5.75 Å². The molecule has 7 heteroatoms. The summed E-state index contributed by atoms with van der Waals surface area (Å²) in [6.07, 6.45) is 1.61. The summed E-state index contributed by atoms with van der Waals surface area (Å²) in [6.45, 7) is 3.66. The Hall–Kier alpha value is -2.99. The quantitative estimate of drug-likeness (QED) is 0.418. The molecule has 0 saturated heterocycles. The van der Waals surface area contributed by atoms with Crippen molar-refractivity contribution in [2.45, 2.75) is 20.4 Å². The first-order valence-electron chi connectivity index (χ1n) is 8.70. The summed E-state index contributed by atoms with van der Waals surface area (Å²) in [6, 6.07) is 12.2. The van der Waals surface area contributed by atoms with Crippen molar-refractivity contribution in [3.05, 3.63) is 76.5 Å². The van der Waals surface area contributed by atoms with Crippen molar-refractivity contribution >= 4 is 23.4 Å². The molecular weight excluding hydrogens is 382 g/mol. The van der Waals surface area contributed by atoms with E-state index in [2.05, 4.69) is 0 Å². The normalized spacial score (nSPS) is 10.7. The zero-order chi connectivity index (χ0) is 20.1. The Morgan fingerprint density at radius 2 is 1.93 bits per heavy atom. The SMILES string of the molecule is Cc1cc(C(=O)COC(=O)COc2cccc(Cl)c2)c(C)n1Cc1ccco1. The first-order chi connectivity index (χ1) is 13.4. The van der Waals surface area contributed by atoms with E-state index < -0.39 is 5.97 Å². The number of benzene rings is 1. The van der Waals surface area contributed by atoms with Crippen LogP contribution in [0.1, 0.15) is 27.5 Å². The van der Waals surface area contributed by atoms with E-state index in [0.717, 1.165) is 17.1 Å². The molecule has 0 amide bonds. The molecule has 0 spiro atoms. The molecule has 1 aromatic carbocycles. The Balaban J connectivity index is 1.55. The van der Waals surface area contributed by atoms with Crippen LogP contribution >= 0.6 is 11.6 Å². The van der Waals surface area contributed by atoms with Gasteiger partial charge in [-0.15, -0.1) is 0 Å². The minimum Gasteiger partial charge on any atom is -0.482 e. The molecular formula is C21H20ClNO5. The van der Waals surface area contributed by atoms with Crippen LogP contribution in [0.2, 0.25) is 5.02 Å². The van der Waals surface area contributed by atoms with Gasteiger partial charge < -0.3 is 18.5 Å². The Bertz CT molecular complexity index is 975. The first-order valence-corrected chi connectivity index (χ1v) is 9.08. The van der Waals surface area contributed by atoms with Crippen LogP contribution in [0.4, 0.5) is 0 Å². The van der Waals surface area contributed by atoms with Crippen LogP contribution in [0.15, 0.2) is 53.1 Å². The fourth-order valence-electron chi connectivity index (χ4n) is 2.85. The van der Waals surface area contributed by atoms with E-state index in [9.17, 15) is 9.59 Å². The van der Waals surface area contributed by atoms with Crippen molar-refractivity contribution in [1.29, 1.82) is 0 Å². The monoisotopic (exact) mass is 401 g/mol. The molecule has 0 fully saturated rings. The highest BCUT2D eigenvalue weighted by Gasteiger charge is 2.18. The lowest BCUT2D eigenvalue weighted by Gasteiger charge is -2.08. The largest absolute Gasteiger partial charge is 0.482 e. The van der Waals surface area contributed by atoms with Gasteiger partial charge in [0, 0.05) is 22.0 Å². The highest BCUT2D eigenvalue weighted by atomic mass is 35.5. The third-order valence-electron chi connectivity index (χ3n) is 4.29. The van der Waals surface area contributed by atoms with E-state index in [4.69, 9.17) is 25.5 Å². The highest BCUT2D eigenvalue weighted by molar-refractivity contribution is 6.30. The number of hydrogen-bond donors (Lipinski definition) is 0. The lowest BCUT2D eigenvalue weighted by molar-refractivity contribution is -0.144. The second kappa shape index (κ2) is 8.80. The molecule has 0 N–H and O–H groups in total. The lowest BCUT2D eigenvalue weighted by Crippen LogP contribution is -2.20. The van der Waals surface area contributed by atoms with E-state index in [1.165, 1.54) is 0 Å². The molecule has 0 aliphatic heterocycles. The first kappa shape index (κ1) is 19.8. The maximum atomic E-state index is 12.5. The molecule has 0 aliphatic carbocycles. The van der Waals surface area contributed by atoms with Crippen molar-refractivity contribution in [1.82, 2.24) is 4.57 Å². The number of rotatable bonds is 8. The van der Waals surface area contributed by atoms with Gasteiger partial charge in [0.25, 0.3) is 0 Å². The van der Waals surface area contributed by atoms with E-state index in [0.29, 0.717) is 22.9 Å². The van der Waals surface area contributed by atoms with Gasteiger partial charge in [0.2, 0.25) is 5.78 Å². The Morgan fingerprint density at radius 1 is 1.11 bits per heavy atom. The van der Waals surface area contributed by atoms with E-state index in [1.54, 1.807) is 36.6 Å². The molecule has 0 atom stereocenters. The molecule has 2 heterocycles. The number of furan rings is 1. The molecule has 0 unspecified atom stereocenters. The van der Waals surface area contributed by atoms with Crippen LogP contribution in [0.3, 0.4) is 0 Å². The van der Waals surface area contributed by atoms with Crippen molar-refractivity contribution in [3.63, 3.8) is 0 Å². The van der Waals surface area contributed by atoms with Gasteiger partial charge in [0.05, 0.1) is 12.8 Å². The second-order valence-corrected chi connectivity index (χ2v) is 6.72. The zero-order valence-electron chi connectivity index (χ0n) is 15.6. The number of carbonyl (C=O) groups excluding carboxylic acids is 2. The van der Waals surface area contributed by atoms with Crippen LogP contribution in [0, 0.1) is 13.8 Å². The van der Waals surface area contributed by atoms with Gasteiger partial charge >= 0.3 is 5.97 Å². The molecule has 0 bridgehead atoms. The van der Waals surface area contributed by atoms with Crippen molar-refractivity contribution < 1.29 is 23.5 Å². The number of nitrogens with zero attached hydrogens (tertiary/aromatic N) is 1. The number of Topliss-reactive ketones (excluding diaryl/α,β-unsaturated/α-hetero) is 1. The summed E-state index contributed by atoms with van der Waals surface area (Å²) < 4.78 is 17.7. The Morgan fingerprint density at radius 3 is 2.64 bits per heavy atom. The number of hydrogen-bond acceptors (Lipinski definition) is 5. The minimum atomic E-state index is -0.627. The summed E-state index contributed by atoms with van der Waals surface area (Å²) in [5, 5.41) is 0.506. The standard InChI is InChI=1S/C21H20ClNO5/c1-14-9-19(15(2)23(14)11-18-7-4-8-26-18)20(24)12-28-21(25)13-27-17-6-3-5-16(22)10-17/h3-10H,11-13H2,1-2H3. The van der Waals surface area contributed by atoms with Crippen molar-refractivity contribution in [2.75, 3.05) is 13.2 Å². The van der Waals surface area contributed by atoms with Gasteiger partial charge in [-0.2, -0.15) is 0 Å². The van der Waals surface area contributed by atoms with Crippen molar-refractivity contribution in [2.24, 2.45) is 0 Å². The number of esters is 1. The summed E-state index contributed by atoms with van der Waals surface area (Å²) in [5.41, 5.74) is 2.24. The Labute approximate surface area is 167 Å². The molecule has 2 aromatic heterocycles. The van der Waals surface area contributed by atoms with Gasteiger partial charge in [0.1, 0.15) is 11.5 Å². The predicted molar refractivity (Wildman–Crippen MR) is 104 cm³/mol. The molecule has 28 heavy (non-hydrogen) atoms. The van der Waals surface area contributed by atoms with E-state index >= 15 is 0 Å². The molecule has 0 saturated carbocycles. The van der Waals surface area contributed by atoms with Crippen LogP contribution in [0.25, 0.3) is 0 Å². The third-order valence-corrected chi connectivity index (χ3v) is 4.52. The summed E-state index contributed by atoms with van der Waals surface area (Å²) in [5.74, 6) is 0.357. The number of aromatic nitrogens is 1. The molecule has 0 radical (unpaired) electrons. The summed E-state index contributed by atoms with van der Waals surface area (Å²) in [7, 11) is 0. The van der Waals surface area contributed by atoms with E-state index in [-0.39, 0.29) is 19.0 Å². The average molecular weight is 402 g/mol. The number of carbonyl (C=O) groups is 2. The van der Waals surface area contributed by atoms with Gasteiger partial charge in [-0.25, -0.2) is 4.79 Å². The second-order valence-electron chi connectivity index (χ2n) is 6.28. The van der Waals surface area contributed by atoms with Gasteiger partial charge in [0.15, 0.2) is 13.2 Å². The van der Waals surface area contributed by atoms with Gasteiger partial charge in [-0.05, 0) is 50.2 Å². The number of aryl methyl sites for hydroxylation is 1. The van der Waals surface area contributed by atoms with Crippen LogP contribution in [-0.2, 0) is 16.1 Å². The maximum Gasteiger partial charge on any atom is 0.344 e. The summed E-state index contributed by atoms with van der Waals surface area (Å²) >= 11 is 5.86. The molecule has 3 rings (SSSR count). The topological polar surface area (TPSA) is 70.7 Å². The average Bonchev–Trinajstić information content (AvgIpc) is 3.28. The molecule has 3 aromatic rings. The zero-order valence-corrected chi connectivity index (χ0v) is 16.4. The Kier molecular flexibility index (Phi) is 6.21. The van der Waals surface area contributed by atoms with E-state index in [1.807, 2.05) is 30.5 Å². The fourth-order valence-corrected chi connectivity index (χ4v) is 3.03. The number of halogens is 1. The van der Waals surface area contributed by atoms with Crippen LogP contribution in [-0.4, -0.2) is 29.5 Å². The van der Waals surface area contributed by atoms with Crippen molar-refractivity contribution in [3.8, 4) is 5.75 Å². The smallest absolute Gasteiger partial charge is 0.344 e. The molecule has 6 nitrogen and oxygen atoms in total. The van der Waals surface area contributed by atoms with Gasteiger partial charge in [-0.1, -0.05) is 17.7 Å². The minimum absolute atomic E-state index is 0.269. The molecule has 146 valence electrons.